The molecule has 0 N–H and O–H groups in total. The maximum absolute atomic E-state index is 13.0. The third-order valence-electron chi connectivity index (χ3n) is 5.41. The van der Waals surface area contributed by atoms with Gasteiger partial charge in [0.2, 0.25) is 5.91 Å². The molecule has 1 saturated heterocycles. The van der Waals surface area contributed by atoms with Crippen LogP contribution in [0.5, 0.6) is 0 Å². The lowest BCUT2D eigenvalue weighted by Crippen LogP contribution is -2.51. The zero-order chi connectivity index (χ0) is 22.4. The Kier molecular flexibility index (Phi) is 5.52. The molecule has 1 fully saturated rings. The van der Waals surface area contributed by atoms with Gasteiger partial charge in [0.1, 0.15) is 0 Å². The van der Waals surface area contributed by atoms with Crippen molar-refractivity contribution in [1.82, 2.24) is 14.7 Å². The lowest BCUT2D eigenvalue weighted by atomic mass is 9.91. The van der Waals surface area contributed by atoms with E-state index < -0.39 is 5.54 Å². The number of hydrogen-bond donors (Lipinski definition) is 0. The minimum atomic E-state index is -0.632. The third kappa shape index (κ3) is 4.25. The molecule has 0 aliphatic carbocycles. The van der Waals surface area contributed by atoms with E-state index in [4.69, 9.17) is 0 Å². The fourth-order valence-electron chi connectivity index (χ4n) is 3.89. The normalized spacial score (nSPS) is 17.5. The van der Waals surface area contributed by atoms with E-state index in [0.717, 1.165) is 0 Å². The average Bonchev–Trinajstić information content (AvgIpc) is 2.90. The first-order valence-corrected chi connectivity index (χ1v) is 10.4. The summed E-state index contributed by atoms with van der Waals surface area (Å²) < 4.78 is 0. The Bertz CT molecular complexity index is 900. The van der Waals surface area contributed by atoms with Gasteiger partial charge in [-0.25, -0.2) is 0 Å². The lowest BCUT2D eigenvalue weighted by Gasteiger charge is -2.36. The molecule has 0 unspecified atom stereocenters. The molecule has 1 aromatic rings. The van der Waals surface area contributed by atoms with Crippen molar-refractivity contribution in [2.75, 3.05) is 26.2 Å². The number of amides is 4. The molecule has 2 aliphatic heterocycles. The van der Waals surface area contributed by atoms with Gasteiger partial charge in [-0.1, -0.05) is 20.8 Å². The molecule has 162 valence electrons. The summed E-state index contributed by atoms with van der Waals surface area (Å²) in [6, 6.07) is 4.70. The van der Waals surface area contributed by atoms with Crippen LogP contribution in [0.2, 0.25) is 0 Å². The van der Waals surface area contributed by atoms with Crippen LogP contribution in [-0.4, -0.2) is 70.0 Å². The highest BCUT2D eigenvalue weighted by molar-refractivity contribution is 6.22. The van der Waals surface area contributed by atoms with Gasteiger partial charge >= 0.3 is 0 Å². The summed E-state index contributed by atoms with van der Waals surface area (Å²) in [6.07, 6.45) is 0.478. The summed E-state index contributed by atoms with van der Waals surface area (Å²) in [4.78, 5) is 55.5. The van der Waals surface area contributed by atoms with Crippen molar-refractivity contribution in [3.05, 3.63) is 34.9 Å². The molecule has 0 bridgehead atoms. The van der Waals surface area contributed by atoms with Crippen LogP contribution >= 0.6 is 0 Å². The van der Waals surface area contributed by atoms with Gasteiger partial charge in [-0.15, -0.1) is 0 Å². The van der Waals surface area contributed by atoms with E-state index in [-0.39, 0.29) is 34.6 Å². The summed E-state index contributed by atoms with van der Waals surface area (Å²) in [5, 5.41) is 0. The molecule has 7 heteroatoms. The Morgan fingerprint density at radius 2 is 1.37 bits per heavy atom. The van der Waals surface area contributed by atoms with Crippen LogP contribution in [0, 0.1) is 5.41 Å². The Hall–Kier alpha value is -2.70. The molecule has 2 heterocycles. The van der Waals surface area contributed by atoms with Crippen molar-refractivity contribution < 1.29 is 19.2 Å². The molecule has 0 atom stereocenters. The molecule has 1 aromatic carbocycles. The van der Waals surface area contributed by atoms with Gasteiger partial charge in [-0.2, -0.15) is 0 Å². The number of hydrogen-bond acceptors (Lipinski definition) is 4. The predicted molar refractivity (Wildman–Crippen MR) is 113 cm³/mol. The summed E-state index contributed by atoms with van der Waals surface area (Å²) in [5.74, 6) is -0.768. The van der Waals surface area contributed by atoms with E-state index in [2.05, 4.69) is 0 Å². The standard InChI is InChI=1S/C23H31N3O4/c1-22(2,3)14-18(27)24-9-11-25(12-10-24)19(28)15-7-8-16-17(13-15)21(30)26(20(16)29)23(4,5)6/h7-8,13H,9-12,14H2,1-6H3. The first kappa shape index (κ1) is 22.0. The van der Waals surface area contributed by atoms with E-state index in [1.807, 2.05) is 20.8 Å². The number of benzene rings is 1. The number of rotatable bonds is 2. The van der Waals surface area contributed by atoms with Crippen LogP contribution in [0.4, 0.5) is 0 Å². The van der Waals surface area contributed by atoms with Crippen LogP contribution in [0.1, 0.15) is 79.0 Å². The maximum atomic E-state index is 13.0. The van der Waals surface area contributed by atoms with Gasteiger partial charge in [-0.05, 0) is 44.4 Å². The molecular weight excluding hydrogens is 382 g/mol. The van der Waals surface area contributed by atoms with E-state index >= 15 is 0 Å². The molecule has 0 saturated carbocycles. The molecule has 4 amide bonds. The van der Waals surface area contributed by atoms with Crippen molar-refractivity contribution in [3.8, 4) is 0 Å². The summed E-state index contributed by atoms with van der Waals surface area (Å²) in [6.45, 7) is 13.4. The van der Waals surface area contributed by atoms with Crippen molar-refractivity contribution in [2.24, 2.45) is 5.41 Å². The minimum Gasteiger partial charge on any atom is -0.339 e. The van der Waals surface area contributed by atoms with Crippen molar-refractivity contribution >= 4 is 23.6 Å². The maximum Gasteiger partial charge on any atom is 0.262 e. The number of nitrogens with zero attached hydrogens (tertiary/aromatic N) is 3. The Balaban J connectivity index is 1.70. The highest BCUT2D eigenvalue weighted by Gasteiger charge is 2.42. The predicted octanol–water partition coefficient (Wildman–Crippen LogP) is 2.80. The van der Waals surface area contributed by atoms with E-state index in [1.165, 1.54) is 11.0 Å². The second kappa shape index (κ2) is 7.52. The highest BCUT2D eigenvalue weighted by atomic mass is 16.2. The number of fused-ring (bicyclic) bond motifs is 1. The van der Waals surface area contributed by atoms with Crippen molar-refractivity contribution in [3.63, 3.8) is 0 Å². The fourth-order valence-corrected chi connectivity index (χ4v) is 3.89. The number of carbonyl (C=O) groups excluding carboxylic acids is 4. The molecule has 3 rings (SSSR count). The Morgan fingerprint density at radius 1 is 0.833 bits per heavy atom. The topological polar surface area (TPSA) is 78.0 Å². The van der Waals surface area contributed by atoms with Crippen LogP contribution in [0.15, 0.2) is 18.2 Å². The quantitative estimate of drug-likeness (QED) is 0.699. The van der Waals surface area contributed by atoms with Gasteiger partial charge in [0, 0.05) is 43.7 Å². The number of piperazine rings is 1. The summed E-state index contributed by atoms with van der Waals surface area (Å²) in [5.41, 5.74) is 0.302. The molecule has 0 aromatic heterocycles. The van der Waals surface area contributed by atoms with Crippen LogP contribution in [0.3, 0.4) is 0 Å². The molecule has 2 aliphatic rings. The molecule has 0 radical (unpaired) electrons. The van der Waals surface area contributed by atoms with Gasteiger partial charge in [0.15, 0.2) is 0 Å². The van der Waals surface area contributed by atoms with Crippen LogP contribution in [-0.2, 0) is 4.79 Å². The molecule has 7 nitrogen and oxygen atoms in total. The van der Waals surface area contributed by atoms with Crippen LogP contribution in [0.25, 0.3) is 0 Å². The lowest BCUT2D eigenvalue weighted by molar-refractivity contribution is -0.134. The van der Waals surface area contributed by atoms with Gasteiger partial charge in [0.25, 0.3) is 17.7 Å². The monoisotopic (exact) mass is 413 g/mol. The van der Waals surface area contributed by atoms with E-state index in [9.17, 15) is 19.2 Å². The summed E-state index contributed by atoms with van der Waals surface area (Å²) >= 11 is 0. The van der Waals surface area contributed by atoms with Gasteiger partial charge in [-0.3, -0.25) is 24.1 Å². The first-order valence-electron chi connectivity index (χ1n) is 10.4. The fraction of sp³-hybridized carbons (Fsp3) is 0.565. The Morgan fingerprint density at radius 3 is 1.90 bits per heavy atom. The minimum absolute atomic E-state index is 0.0701. The summed E-state index contributed by atoms with van der Waals surface area (Å²) in [7, 11) is 0. The van der Waals surface area contributed by atoms with Crippen LogP contribution < -0.4 is 0 Å². The van der Waals surface area contributed by atoms with Crippen molar-refractivity contribution in [1.29, 1.82) is 0 Å². The molecule has 0 spiro atoms. The first-order chi connectivity index (χ1) is 13.8. The number of carbonyl (C=O) groups is 4. The smallest absolute Gasteiger partial charge is 0.262 e. The third-order valence-corrected chi connectivity index (χ3v) is 5.41. The van der Waals surface area contributed by atoms with E-state index in [0.29, 0.717) is 43.7 Å². The van der Waals surface area contributed by atoms with E-state index in [1.54, 1.807) is 42.7 Å². The number of imide groups is 1. The van der Waals surface area contributed by atoms with Crippen molar-refractivity contribution in [2.45, 2.75) is 53.5 Å². The molecule has 30 heavy (non-hydrogen) atoms. The Labute approximate surface area is 178 Å². The zero-order valence-corrected chi connectivity index (χ0v) is 18.7. The highest BCUT2D eigenvalue weighted by Crippen LogP contribution is 2.30. The largest absolute Gasteiger partial charge is 0.339 e. The second-order valence-corrected chi connectivity index (χ2v) is 10.3. The zero-order valence-electron chi connectivity index (χ0n) is 18.7. The average molecular weight is 414 g/mol. The SMILES string of the molecule is CC(C)(C)CC(=O)N1CCN(C(=O)c2ccc3c(c2)C(=O)N(C(C)(C)C)C3=O)CC1. The second-order valence-electron chi connectivity index (χ2n) is 10.3. The van der Waals surface area contributed by atoms with Gasteiger partial charge in [0.05, 0.1) is 11.1 Å². The van der Waals surface area contributed by atoms with Gasteiger partial charge < -0.3 is 9.80 Å². The molecular formula is C23H31N3O4.